The molecule has 0 radical (unpaired) electrons. The Morgan fingerprint density at radius 1 is 1.64 bits per heavy atom. The van der Waals surface area contributed by atoms with Crippen molar-refractivity contribution in [2.45, 2.75) is 44.6 Å². The van der Waals surface area contributed by atoms with Gasteiger partial charge in [-0.1, -0.05) is 19.3 Å². The lowest BCUT2D eigenvalue weighted by atomic mass is 9.77. The summed E-state index contributed by atoms with van der Waals surface area (Å²) < 4.78 is 0. The van der Waals surface area contributed by atoms with Gasteiger partial charge in [-0.25, -0.2) is 4.98 Å². The maximum absolute atomic E-state index is 10.2. The molecule has 2 nitrogen and oxygen atoms in total. The van der Waals surface area contributed by atoms with E-state index in [4.69, 9.17) is 0 Å². The molecule has 1 aliphatic carbocycles. The summed E-state index contributed by atoms with van der Waals surface area (Å²) in [6, 6.07) is 0. The zero-order valence-electron chi connectivity index (χ0n) is 8.57. The molecule has 0 bridgehead atoms. The Hall–Kier alpha value is -0.410. The van der Waals surface area contributed by atoms with E-state index in [1.54, 1.807) is 17.5 Å². The zero-order valence-corrected chi connectivity index (χ0v) is 9.39. The van der Waals surface area contributed by atoms with Crippen LogP contribution in [0.15, 0.2) is 11.6 Å². The minimum absolute atomic E-state index is 0.553. The van der Waals surface area contributed by atoms with E-state index >= 15 is 0 Å². The summed E-state index contributed by atoms with van der Waals surface area (Å²) >= 11 is 1.63. The molecule has 1 aliphatic rings. The van der Waals surface area contributed by atoms with Crippen molar-refractivity contribution in [1.29, 1.82) is 0 Å². The highest BCUT2D eigenvalue weighted by Crippen LogP contribution is 2.34. The SMILES string of the molecule is CC(O)(Cc1nccs1)CC1CCC1. The fourth-order valence-corrected chi connectivity index (χ4v) is 2.85. The van der Waals surface area contributed by atoms with Crippen molar-refractivity contribution in [2.75, 3.05) is 0 Å². The molecule has 1 fully saturated rings. The van der Waals surface area contributed by atoms with Gasteiger partial charge in [-0.15, -0.1) is 11.3 Å². The Balaban J connectivity index is 1.87. The van der Waals surface area contributed by atoms with Gasteiger partial charge in [0.25, 0.3) is 0 Å². The van der Waals surface area contributed by atoms with Gasteiger partial charge in [0, 0.05) is 18.0 Å². The number of aromatic nitrogens is 1. The van der Waals surface area contributed by atoms with Crippen LogP contribution in [0.25, 0.3) is 0 Å². The fourth-order valence-electron chi connectivity index (χ4n) is 2.06. The van der Waals surface area contributed by atoms with Crippen LogP contribution in [0.5, 0.6) is 0 Å². The summed E-state index contributed by atoms with van der Waals surface area (Å²) in [6.45, 7) is 1.94. The number of aliphatic hydroxyl groups is 1. The van der Waals surface area contributed by atoms with Gasteiger partial charge in [-0.3, -0.25) is 0 Å². The zero-order chi connectivity index (χ0) is 10.0. The maximum Gasteiger partial charge on any atom is 0.0953 e. The molecule has 2 rings (SSSR count). The molecule has 1 N–H and O–H groups in total. The van der Waals surface area contributed by atoms with Gasteiger partial charge in [-0.05, 0) is 19.3 Å². The topological polar surface area (TPSA) is 33.1 Å². The number of rotatable bonds is 4. The lowest BCUT2D eigenvalue weighted by Gasteiger charge is -2.33. The molecular formula is C11H17NOS. The highest BCUT2D eigenvalue weighted by atomic mass is 32.1. The van der Waals surface area contributed by atoms with Crippen LogP contribution in [0.4, 0.5) is 0 Å². The monoisotopic (exact) mass is 211 g/mol. The highest BCUT2D eigenvalue weighted by Gasteiger charge is 2.29. The molecular weight excluding hydrogens is 194 g/mol. The highest BCUT2D eigenvalue weighted by molar-refractivity contribution is 7.09. The lowest BCUT2D eigenvalue weighted by Crippen LogP contribution is -2.32. The molecule has 0 spiro atoms. The van der Waals surface area contributed by atoms with E-state index in [0.717, 1.165) is 17.3 Å². The lowest BCUT2D eigenvalue weighted by molar-refractivity contribution is 0.0204. The first-order valence-corrected chi connectivity index (χ1v) is 6.14. The van der Waals surface area contributed by atoms with Crippen molar-refractivity contribution in [3.8, 4) is 0 Å². The number of hydrogen-bond acceptors (Lipinski definition) is 3. The summed E-state index contributed by atoms with van der Waals surface area (Å²) in [5.74, 6) is 0.755. The molecule has 1 aromatic rings. The molecule has 1 unspecified atom stereocenters. The minimum atomic E-state index is -0.553. The minimum Gasteiger partial charge on any atom is -0.390 e. The summed E-state index contributed by atoms with van der Waals surface area (Å²) in [5.41, 5.74) is -0.553. The van der Waals surface area contributed by atoms with E-state index in [1.807, 2.05) is 12.3 Å². The van der Waals surface area contributed by atoms with Gasteiger partial charge < -0.3 is 5.11 Å². The van der Waals surface area contributed by atoms with Crippen LogP contribution >= 0.6 is 11.3 Å². The Labute approximate surface area is 89.0 Å². The Kier molecular flexibility index (Phi) is 2.88. The van der Waals surface area contributed by atoms with Crippen molar-refractivity contribution in [1.82, 2.24) is 4.98 Å². The molecule has 0 aliphatic heterocycles. The number of thiazole rings is 1. The summed E-state index contributed by atoms with van der Waals surface area (Å²) in [7, 11) is 0. The average Bonchev–Trinajstić information content (AvgIpc) is 2.49. The first-order valence-electron chi connectivity index (χ1n) is 5.26. The smallest absolute Gasteiger partial charge is 0.0953 e. The van der Waals surface area contributed by atoms with Crippen LogP contribution < -0.4 is 0 Å². The van der Waals surface area contributed by atoms with E-state index in [2.05, 4.69) is 4.98 Å². The maximum atomic E-state index is 10.2. The number of hydrogen-bond donors (Lipinski definition) is 1. The van der Waals surface area contributed by atoms with E-state index in [9.17, 15) is 5.11 Å². The fraction of sp³-hybridized carbons (Fsp3) is 0.727. The van der Waals surface area contributed by atoms with Crippen LogP contribution in [0, 0.1) is 5.92 Å². The quantitative estimate of drug-likeness (QED) is 0.830. The van der Waals surface area contributed by atoms with E-state index < -0.39 is 5.60 Å². The molecule has 0 aromatic carbocycles. The normalized spacial score (nSPS) is 21.6. The van der Waals surface area contributed by atoms with Crippen molar-refractivity contribution >= 4 is 11.3 Å². The summed E-state index contributed by atoms with van der Waals surface area (Å²) in [5, 5.41) is 13.2. The molecule has 1 saturated carbocycles. The van der Waals surface area contributed by atoms with Crippen LogP contribution in [0.3, 0.4) is 0 Å². The molecule has 1 aromatic heterocycles. The van der Waals surface area contributed by atoms with Crippen molar-refractivity contribution in [3.63, 3.8) is 0 Å². The molecule has 1 heterocycles. The van der Waals surface area contributed by atoms with Gasteiger partial charge in [0.1, 0.15) is 0 Å². The molecule has 78 valence electrons. The molecule has 0 amide bonds. The second-order valence-corrected chi connectivity index (χ2v) is 5.58. The first kappa shape index (κ1) is 10.1. The summed E-state index contributed by atoms with van der Waals surface area (Å²) in [4.78, 5) is 4.21. The Bertz CT molecular complexity index is 277. The predicted molar refractivity (Wildman–Crippen MR) is 58.4 cm³/mol. The van der Waals surface area contributed by atoms with E-state index in [1.165, 1.54) is 19.3 Å². The van der Waals surface area contributed by atoms with E-state index in [-0.39, 0.29) is 0 Å². The molecule has 0 saturated heterocycles. The predicted octanol–water partition coefficient (Wildman–Crippen LogP) is 2.63. The van der Waals surface area contributed by atoms with Crippen molar-refractivity contribution in [3.05, 3.63) is 16.6 Å². The third-order valence-corrected chi connectivity index (χ3v) is 3.75. The standard InChI is InChI=1S/C11H17NOS/c1-11(13,7-9-3-2-4-9)8-10-12-5-6-14-10/h5-6,9,13H,2-4,7-8H2,1H3. The van der Waals surface area contributed by atoms with Crippen LogP contribution in [0.1, 0.15) is 37.6 Å². The molecule has 3 heteroatoms. The third kappa shape index (κ3) is 2.55. The van der Waals surface area contributed by atoms with Gasteiger partial charge in [0.15, 0.2) is 0 Å². The van der Waals surface area contributed by atoms with Crippen molar-refractivity contribution in [2.24, 2.45) is 5.92 Å². The van der Waals surface area contributed by atoms with E-state index in [0.29, 0.717) is 6.42 Å². The summed E-state index contributed by atoms with van der Waals surface area (Å²) in [6.07, 6.45) is 7.40. The van der Waals surface area contributed by atoms with Gasteiger partial charge in [0.05, 0.1) is 10.6 Å². The van der Waals surface area contributed by atoms with Crippen LogP contribution in [0.2, 0.25) is 0 Å². The Morgan fingerprint density at radius 3 is 2.93 bits per heavy atom. The second-order valence-electron chi connectivity index (χ2n) is 4.60. The van der Waals surface area contributed by atoms with Crippen molar-refractivity contribution < 1.29 is 5.11 Å². The average molecular weight is 211 g/mol. The van der Waals surface area contributed by atoms with Gasteiger partial charge in [-0.2, -0.15) is 0 Å². The van der Waals surface area contributed by atoms with Crippen LogP contribution in [-0.2, 0) is 6.42 Å². The largest absolute Gasteiger partial charge is 0.390 e. The molecule has 1 atom stereocenters. The number of nitrogens with zero attached hydrogens (tertiary/aromatic N) is 1. The second kappa shape index (κ2) is 3.99. The van der Waals surface area contributed by atoms with Crippen LogP contribution in [-0.4, -0.2) is 15.7 Å². The third-order valence-electron chi connectivity index (χ3n) is 2.97. The first-order chi connectivity index (χ1) is 6.66. The van der Waals surface area contributed by atoms with Gasteiger partial charge in [0.2, 0.25) is 0 Å². The van der Waals surface area contributed by atoms with Gasteiger partial charge >= 0.3 is 0 Å². The molecule has 14 heavy (non-hydrogen) atoms. The Morgan fingerprint density at radius 2 is 2.43 bits per heavy atom.